The first-order valence-corrected chi connectivity index (χ1v) is 3.40. The van der Waals surface area contributed by atoms with E-state index >= 15 is 0 Å². The van der Waals surface area contributed by atoms with E-state index in [1.54, 1.807) is 0 Å². The smallest absolute Gasteiger partial charge is 0.299 e. The van der Waals surface area contributed by atoms with Crippen molar-refractivity contribution in [3.8, 4) is 0 Å². The van der Waals surface area contributed by atoms with Crippen LogP contribution in [0.2, 0.25) is 0 Å². The van der Waals surface area contributed by atoms with Crippen LogP contribution in [-0.4, -0.2) is 45.3 Å². The lowest BCUT2D eigenvalue weighted by Crippen LogP contribution is -2.48. The summed E-state index contributed by atoms with van der Waals surface area (Å²) in [6, 6.07) is 0. The first-order valence-electron chi connectivity index (χ1n) is 3.40. The van der Waals surface area contributed by atoms with Gasteiger partial charge in [-0.25, -0.2) is 0 Å². The molecule has 0 aromatic rings. The van der Waals surface area contributed by atoms with E-state index in [0.717, 1.165) is 0 Å². The number of rotatable bonds is 1. The van der Waals surface area contributed by atoms with E-state index < -0.39 is 30.9 Å². The van der Waals surface area contributed by atoms with Crippen LogP contribution in [0.4, 0.5) is 0 Å². The van der Waals surface area contributed by atoms with Crippen LogP contribution in [0.25, 0.3) is 0 Å². The molecule has 0 aliphatic carbocycles. The molecule has 0 saturated carbocycles. The van der Waals surface area contributed by atoms with Gasteiger partial charge in [-0.2, -0.15) is 0 Å². The Bertz CT molecular complexity index is 204. The van der Waals surface area contributed by atoms with Crippen molar-refractivity contribution >= 4 is 0 Å². The predicted octanol–water partition coefficient (Wildman–Crippen LogP) is -2.21. The first-order chi connectivity index (χ1) is 5.57. The Morgan fingerprint density at radius 1 is 1.42 bits per heavy atom. The molecule has 0 unspecified atom stereocenters. The summed E-state index contributed by atoms with van der Waals surface area (Å²) >= 11 is 0. The summed E-state index contributed by atoms with van der Waals surface area (Å²) in [4.78, 5) is 0. The molecule has 1 aliphatic rings. The topological polar surface area (TPSA) is 116 Å². The Hall–Kier alpha value is -0.980. The minimum Gasteiger partial charge on any atom is -0.480 e. The SMILES string of the molecule is NC1=C(O)O[C@H](CO)[C@@H](O)[C@@H]1O. The van der Waals surface area contributed by atoms with Crippen molar-refractivity contribution in [1.29, 1.82) is 0 Å². The lowest BCUT2D eigenvalue weighted by molar-refractivity contribution is -0.123. The van der Waals surface area contributed by atoms with E-state index in [1.807, 2.05) is 0 Å². The van der Waals surface area contributed by atoms with Crippen LogP contribution in [0.15, 0.2) is 11.6 Å². The second-order valence-corrected chi connectivity index (χ2v) is 2.53. The fourth-order valence-electron chi connectivity index (χ4n) is 0.940. The minimum absolute atomic E-state index is 0.327. The zero-order valence-corrected chi connectivity index (χ0v) is 6.21. The lowest BCUT2D eigenvalue weighted by atomic mass is 10.0. The molecular weight excluding hydrogens is 166 g/mol. The molecule has 0 fully saturated rings. The second kappa shape index (κ2) is 3.18. The first kappa shape index (κ1) is 9.11. The van der Waals surface area contributed by atoms with Gasteiger partial charge in [0.2, 0.25) is 0 Å². The third kappa shape index (κ3) is 1.31. The third-order valence-corrected chi connectivity index (χ3v) is 1.71. The number of hydrogen-bond acceptors (Lipinski definition) is 6. The standard InChI is InChI=1S/C6H11NO5/c7-3-5(10)4(9)2(1-8)12-6(3)11/h2,4-5,8-11H,1,7H2/t2-,4-,5-/m1/s1. The maximum atomic E-state index is 9.17. The predicted molar refractivity (Wildman–Crippen MR) is 37.8 cm³/mol. The van der Waals surface area contributed by atoms with E-state index in [9.17, 15) is 0 Å². The maximum absolute atomic E-state index is 9.17. The number of aliphatic hydroxyl groups excluding tert-OH is 4. The van der Waals surface area contributed by atoms with Crippen LogP contribution in [0, 0.1) is 0 Å². The van der Waals surface area contributed by atoms with E-state index in [0.29, 0.717) is 0 Å². The average molecular weight is 177 g/mol. The summed E-state index contributed by atoms with van der Waals surface area (Å²) in [7, 11) is 0. The number of ether oxygens (including phenoxy) is 1. The van der Waals surface area contributed by atoms with Crippen molar-refractivity contribution in [3.05, 3.63) is 11.6 Å². The molecule has 3 atom stereocenters. The Labute approximate surface area is 68.5 Å². The van der Waals surface area contributed by atoms with Gasteiger partial charge in [0, 0.05) is 0 Å². The van der Waals surface area contributed by atoms with Gasteiger partial charge >= 0.3 is 0 Å². The van der Waals surface area contributed by atoms with Crippen LogP contribution in [0.3, 0.4) is 0 Å². The van der Waals surface area contributed by atoms with Gasteiger partial charge in [0.05, 0.1) is 6.61 Å². The van der Waals surface area contributed by atoms with Crippen molar-refractivity contribution in [2.45, 2.75) is 18.3 Å². The molecular formula is C6H11NO5. The molecule has 0 saturated heterocycles. The Balaban J connectivity index is 2.83. The van der Waals surface area contributed by atoms with Crippen LogP contribution in [0.5, 0.6) is 0 Å². The molecule has 0 bridgehead atoms. The monoisotopic (exact) mass is 177 g/mol. The van der Waals surface area contributed by atoms with E-state index in [2.05, 4.69) is 4.74 Å². The summed E-state index contributed by atoms with van der Waals surface area (Å²) in [6.07, 6.45) is -3.74. The van der Waals surface area contributed by atoms with E-state index in [-0.39, 0.29) is 5.70 Å². The average Bonchev–Trinajstić information content (AvgIpc) is 2.08. The highest BCUT2D eigenvalue weighted by molar-refractivity contribution is 5.11. The number of nitrogens with two attached hydrogens (primary N) is 1. The molecule has 6 N–H and O–H groups in total. The van der Waals surface area contributed by atoms with Crippen molar-refractivity contribution in [2.24, 2.45) is 5.73 Å². The molecule has 0 aromatic heterocycles. The molecule has 1 heterocycles. The Morgan fingerprint density at radius 2 is 2.00 bits per heavy atom. The van der Waals surface area contributed by atoms with Crippen molar-refractivity contribution in [1.82, 2.24) is 0 Å². The molecule has 0 radical (unpaired) electrons. The zero-order chi connectivity index (χ0) is 9.30. The quantitative estimate of drug-likeness (QED) is 0.310. The van der Waals surface area contributed by atoms with Gasteiger partial charge in [-0.1, -0.05) is 0 Å². The highest BCUT2D eigenvalue weighted by Gasteiger charge is 2.36. The summed E-state index contributed by atoms with van der Waals surface area (Å²) in [5.74, 6) is -0.646. The van der Waals surface area contributed by atoms with Gasteiger partial charge < -0.3 is 30.9 Å². The van der Waals surface area contributed by atoms with E-state index in [4.69, 9.17) is 26.2 Å². The molecule has 1 aliphatic heterocycles. The molecule has 6 nitrogen and oxygen atoms in total. The zero-order valence-electron chi connectivity index (χ0n) is 6.21. The van der Waals surface area contributed by atoms with Crippen LogP contribution in [-0.2, 0) is 4.74 Å². The lowest BCUT2D eigenvalue weighted by Gasteiger charge is -2.30. The molecule has 1 rings (SSSR count). The van der Waals surface area contributed by atoms with Gasteiger partial charge in [0.1, 0.15) is 17.9 Å². The summed E-state index contributed by atoms with van der Waals surface area (Å²) in [6.45, 7) is -0.504. The highest BCUT2D eigenvalue weighted by atomic mass is 16.6. The fraction of sp³-hybridized carbons (Fsp3) is 0.667. The molecule has 12 heavy (non-hydrogen) atoms. The van der Waals surface area contributed by atoms with E-state index in [1.165, 1.54) is 0 Å². The molecule has 0 spiro atoms. The second-order valence-electron chi connectivity index (χ2n) is 2.53. The minimum atomic E-state index is -1.39. The highest BCUT2D eigenvalue weighted by Crippen LogP contribution is 2.19. The summed E-state index contributed by atoms with van der Waals surface area (Å²) < 4.78 is 4.58. The molecule has 6 heteroatoms. The van der Waals surface area contributed by atoms with Gasteiger partial charge in [0.25, 0.3) is 5.95 Å². The summed E-state index contributed by atoms with van der Waals surface area (Å²) in [5.41, 5.74) is 4.82. The number of hydrogen-bond donors (Lipinski definition) is 5. The molecule has 0 aromatic carbocycles. The van der Waals surface area contributed by atoms with Crippen molar-refractivity contribution in [2.75, 3.05) is 6.61 Å². The summed E-state index contributed by atoms with van der Waals surface area (Å²) in [5, 5.41) is 35.8. The number of aliphatic hydroxyl groups is 4. The van der Waals surface area contributed by atoms with Crippen molar-refractivity contribution in [3.63, 3.8) is 0 Å². The molecule has 70 valence electrons. The maximum Gasteiger partial charge on any atom is 0.299 e. The Morgan fingerprint density at radius 3 is 2.50 bits per heavy atom. The van der Waals surface area contributed by atoms with Crippen LogP contribution >= 0.6 is 0 Å². The Kier molecular flexibility index (Phi) is 2.41. The van der Waals surface area contributed by atoms with Crippen molar-refractivity contribution < 1.29 is 25.2 Å². The van der Waals surface area contributed by atoms with Gasteiger partial charge in [-0.05, 0) is 0 Å². The van der Waals surface area contributed by atoms with Crippen LogP contribution < -0.4 is 5.73 Å². The normalized spacial score (nSPS) is 36.4. The molecule has 0 amide bonds. The van der Waals surface area contributed by atoms with Crippen LogP contribution in [0.1, 0.15) is 0 Å². The third-order valence-electron chi connectivity index (χ3n) is 1.71. The van der Waals surface area contributed by atoms with Gasteiger partial charge in [0.15, 0.2) is 6.10 Å². The fourth-order valence-corrected chi connectivity index (χ4v) is 0.940. The van der Waals surface area contributed by atoms with Gasteiger partial charge in [-0.3, -0.25) is 0 Å². The largest absolute Gasteiger partial charge is 0.480 e. The van der Waals surface area contributed by atoms with Gasteiger partial charge in [-0.15, -0.1) is 0 Å².